The van der Waals surface area contributed by atoms with Crippen molar-refractivity contribution in [3.8, 4) is 44.5 Å². The van der Waals surface area contributed by atoms with Gasteiger partial charge in [-0.3, -0.25) is 0 Å². The number of nitrogens with zero attached hydrogens (tertiary/aromatic N) is 4. The second-order valence-corrected chi connectivity index (χ2v) is 35.7. The molecule has 104 heavy (non-hydrogen) atoms. The summed E-state index contributed by atoms with van der Waals surface area (Å²) in [4.78, 5) is 11.1. The van der Waals surface area contributed by atoms with Crippen LogP contribution in [-0.4, -0.2) is 22.2 Å². The average molecular weight is 1360 g/mol. The highest BCUT2D eigenvalue weighted by atomic mass is 15.3. The first-order valence-corrected chi connectivity index (χ1v) is 40.0. The van der Waals surface area contributed by atoms with Crippen molar-refractivity contribution in [1.29, 1.82) is 0 Å². The van der Waals surface area contributed by atoms with E-state index in [1.165, 1.54) is 244 Å². The quantitative estimate of drug-likeness (QED) is 0.141. The van der Waals surface area contributed by atoms with E-state index in [2.05, 4.69) is 309 Å². The summed E-state index contributed by atoms with van der Waals surface area (Å²) in [6.07, 6.45) is 19.2. The smallest absolute Gasteiger partial charge is 0.0517 e. The van der Waals surface area contributed by atoms with E-state index < -0.39 is 0 Å². The molecule has 0 spiro atoms. The molecule has 0 aromatic heterocycles. The summed E-state index contributed by atoms with van der Waals surface area (Å²) in [5, 5.41) is 8.13. The van der Waals surface area contributed by atoms with E-state index >= 15 is 0 Å². The standard InChI is InChI=1S/C100H102N4/c1-63-53-87-83(93(5)45-25-29-49-97(93,9)101(87)67-33-17-13-18-34-67)59-75(63)79-57-80(76-60-84-88(54-64(76)2)102(68-35-19-14-20-36-68)98(10)50-30-26-46-94(84,98)6)72-43-44-74-82(78-62-86-90(56-66(78)4)104(70-39-23-16-24-40-70)100(12)52-32-28-48-96(86,100)8)58-81(73-42-41-71(79)91(72)92(73)74)77-61-85-89(55-65(77)3)103(69-37-21-15-22-38-69)99(11)51-31-27-47-95(85,99)7/h13-24,33-44,53-62H,25-32,45-52H2,1-12H3. The Morgan fingerprint density at radius 3 is 0.635 bits per heavy atom. The fourth-order valence-electron chi connectivity index (χ4n) is 24.5. The molecule has 4 fully saturated rings. The molecule has 4 heteroatoms. The summed E-state index contributed by atoms with van der Waals surface area (Å²) in [5.41, 5.74) is 32.3. The molecule has 4 saturated carbocycles. The van der Waals surface area contributed by atoms with Crippen LogP contribution >= 0.6 is 0 Å². The number of fused-ring (bicyclic) bond motifs is 12. The van der Waals surface area contributed by atoms with Gasteiger partial charge in [-0.2, -0.15) is 0 Å². The monoisotopic (exact) mass is 1360 g/mol. The van der Waals surface area contributed by atoms with Crippen LogP contribution in [-0.2, 0) is 21.7 Å². The maximum atomic E-state index is 2.77. The van der Waals surface area contributed by atoms with Crippen LogP contribution in [0.4, 0.5) is 45.5 Å². The first kappa shape index (κ1) is 64.5. The lowest BCUT2D eigenvalue weighted by Gasteiger charge is -2.50. The maximum absolute atomic E-state index is 2.77. The summed E-state index contributed by atoms with van der Waals surface area (Å²) >= 11 is 0. The molecule has 0 amide bonds. The summed E-state index contributed by atoms with van der Waals surface area (Å²) in [6, 6.07) is 82.6. The number of aryl methyl sites for hydroxylation is 4. The predicted octanol–water partition coefficient (Wildman–Crippen LogP) is 27.5. The van der Waals surface area contributed by atoms with Crippen molar-refractivity contribution >= 4 is 77.8 Å². The van der Waals surface area contributed by atoms with Gasteiger partial charge in [-0.25, -0.2) is 0 Å². The number of hydrogen-bond acceptors (Lipinski definition) is 4. The van der Waals surface area contributed by atoms with Crippen molar-refractivity contribution in [3.05, 3.63) is 251 Å². The Bertz CT molecular complexity index is 4880. The zero-order valence-electron chi connectivity index (χ0n) is 63.7. The zero-order valence-corrected chi connectivity index (χ0v) is 63.7. The molecule has 4 aliphatic carbocycles. The lowest BCUT2D eigenvalue weighted by atomic mass is 9.61. The lowest BCUT2D eigenvalue weighted by molar-refractivity contribution is 0.195. The van der Waals surface area contributed by atoms with Crippen molar-refractivity contribution in [1.82, 2.24) is 0 Å². The van der Waals surface area contributed by atoms with Gasteiger partial charge in [0, 0.05) is 67.2 Å². The first-order chi connectivity index (χ1) is 50.2. The first-order valence-electron chi connectivity index (χ1n) is 40.0. The number of para-hydroxylation sites is 4. The minimum Gasteiger partial charge on any atom is -0.334 e. The van der Waals surface area contributed by atoms with Gasteiger partial charge >= 0.3 is 0 Å². The van der Waals surface area contributed by atoms with Crippen molar-refractivity contribution in [3.63, 3.8) is 0 Å². The molecule has 0 saturated heterocycles. The van der Waals surface area contributed by atoms with E-state index in [-0.39, 0.29) is 43.8 Å². The predicted molar refractivity (Wildman–Crippen MR) is 442 cm³/mol. The van der Waals surface area contributed by atoms with Crippen LogP contribution in [0.3, 0.4) is 0 Å². The molecular weight excluding hydrogens is 1260 g/mol. The molecule has 4 heterocycles. The molecular formula is C100H102N4. The SMILES string of the molecule is Cc1cc2c(cc1-c1cc(-c3cc4c(cc3C)N(c3ccccc3)C3(C)CCCCC43C)c3ccc4c(-c5cc6c(cc5C)N(c5ccccc5)C5(C)CCCCC65C)cc(-c5cc6c(cc5C)N(c5ccccc5)C5(C)CCCCC65C)c5ccc1c3c54)C1(C)CCCCC1(C)N2c1ccccc1. The van der Waals surface area contributed by atoms with E-state index in [9.17, 15) is 0 Å². The number of benzene rings is 12. The molecule has 12 aromatic rings. The molecule has 20 rings (SSSR count). The fourth-order valence-corrected chi connectivity index (χ4v) is 24.5. The second-order valence-electron chi connectivity index (χ2n) is 35.7. The summed E-state index contributed by atoms with van der Waals surface area (Å²) < 4.78 is 0. The molecule has 522 valence electrons. The fraction of sp³-hybridized carbons (Fsp3) is 0.360. The van der Waals surface area contributed by atoms with Crippen molar-refractivity contribution in [2.75, 3.05) is 19.6 Å². The minimum absolute atomic E-state index is 0.0610. The van der Waals surface area contributed by atoms with E-state index in [1.807, 2.05) is 0 Å². The second kappa shape index (κ2) is 22.2. The Hall–Kier alpha value is -9.12. The third-order valence-corrected chi connectivity index (χ3v) is 30.9. The van der Waals surface area contributed by atoms with Crippen LogP contribution in [0.1, 0.15) is 203 Å². The van der Waals surface area contributed by atoms with Gasteiger partial charge in [-0.15, -0.1) is 0 Å². The normalized spacial score (nSPS) is 28.0. The molecule has 0 radical (unpaired) electrons. The molecule has 4 aliphatic heterocycles. The van der Waals surface area contributed by atoms with Gasteiger partial charge in [0.15, 0.2) is 0 Å². The van der Waals surface area contributed by atoms with Gasteiger partial charge in [0.05, 0.1) is 22.2 Å². The van der Waals surface area contributed by atoms with Crippen LogP contribution in [0.15, 0.2) is 206 Å². The van der Waals surface area contributed by atoms with E-state index in [1.54, 1.807) is 0 Å². The van der Waals surface area contributed by atoms with Crippen LogP contribution in [0.5, 0.6) is 0 Å². The largest absolute Gasteiger partial charge is 0.334 e. The van der Waals surface area contributed by atoms with E-state index in [4.69, 9.17) is 0 Å². The summed E-state index contributed by atoms with van der Waals surface area (Å²) in [5.74, 6) is 0. The number of rotatable bonds is 8. The third-order valence-electron chi connectivity index (χ3n) is 30.9. The Morgan fingerprint density at radius 2 is 0.423 bits per heavy atom. The Balaban J connectivity index is 0.903. The van der Waals surface area contributed by atoms with Gasteiger partial charge in [0.25, 0.3) is 0 Å². The van der Waals surface area contributed by atoms with Gasteiger partial charge in [-0.05, 0) is 337 Å². The molecule has 8 aliphatic rings. The summed E-state index contributed by atoms with van der Waals surface area (Å²) in [6.45, 7) is 30.6. The van der Waals surface area contributed by atoms with Gasteiger partial charge in [0.2, 0.25) is 0 Å². The van der Waals surface area contributed by atoms with Crippen LogP contribution in [0, 0.1) is 27.7 Å². The van der Waals surface area contributed by atoms with Gasteiger partial charge in [0.1, 0.15) is 0 Å². The Morgan fingerprint density at radius 1 is 0.221 bits per heavy atom. The molecule has 0 bridgehead atoms. The molecule has 8 atom stereocenters. The Kier molecular flexibility index (Phi) is 13.8. The van der Waals surface area contributed by atoms with Crippen LogP contribution in [0.2, 0.25) is 0 Å². The molecule has 4 nitrogen and oxygen atoms in total. The van der Waals surface area contributed by atoms with Crippen molar-refractivity contribution < 1.29 is 0 Å². The van der Waals surface area contributed by atoms with Gasteiger partial charge in [-0.1, -0.05) is 176 Å². The highest BCUT2D eigenvalue weighted by molar-refractivity contribution is 6.32. The van der Waals surface area contributed by atoms with Crippen LogP contribution in [0.25, 0.3) is 76.8 Å². The highest BCUT2D eigenvalue weighted by Gasteiger charge is 2.62. The van der Waals surface area contributed by atoms with Crippen molar-refractivity contribution in [2.24, 2.45) is 0 Å². The number of hydrogen-bond donors (Lipinski definition) is 0. The molecule has 0 N–H and O–H groups in total. The van der Waals surface area contributed by atoms with E-state index in [0.717, 1.165) is 25.7 Å². The van der Waals surface area contributed by atoms with Crippen LogP contribution < -0.4 is 19.6 Å². The Labute approximate surface area is 618 Å². The van der Waals surface area contributed by atoms with E-state index in [0.29, 0.717) is 0 Å². The molecule has 12 aromatic carbocycles. The topological polar surface area (TPSA) is 13.0 Å². The third kappa shape index (κ3) is 8.22. The zero-order chi connectivity index (χ0) is 71.0. The lowest BCUT2D eigenvalue weighted by Crippen LogP contribution is -2.54. The summed E-state index contributed by atoms with van der Waals surface area (Å²) in [7, 11) is 0. The van der Waals surface area contributed by atoms with Crippen molar-refractivity contribution in [2.45, 2.75) is 230 Å². The molecule has 8 unspecified atom stereocenters. The number of anilines is 8. The minimum atomic E-state index is -0.0788. The van der Waals surface area contributed by atoms with Gasteiger partial charge < -0.3 is 19.6 Å². The maximum Gasteiger partial charge on any atom is 0.0517 e. The highest BCUT2D eigenvalue weighted by Crippen LogP contribution is 2.68. The average Bonchev–Trinajstić information content (AvgIpc) is 1.58.